The second-order valence-electron chi connectivity index (χ2n) is 10.1. The predicted octanol–water partition coefficient (Wildman–Crippen LogP) is 7.12. The number of aliphatic hydroxyl groups excluding tert-OH is 1. The Balaban J connectivity index is 3.71. The van der Waals surface area contributed by atoms with E-state index in [4.69, 9.17) is 9.84 Å². The highest BCUT2D eigenvalue weighted by Gasteiger charge is 2.12. The lowest BCUT2D eigenvalue weighted by Gasteiger charge is -2.21. The van der Waals surface area contributed by atoms with Crippen molar-refractivity contribution in [2.24, 2.45) is 0 Å². The Kier molecular flexibility index (Phi) is 25.1. The lowest BCUT2D eigenvalue weighted by Crippen LogP contribution is -2.29. The van der Waals surface area contributed by atoms with Crippen LogP contribution in [0.5, 0.6) is 0 Å². The molecule has 0 aromatic carbocycles. The first kappa shape index (κ1) is 33.9. The van der Waals surface area contributed by atoms with Gasteiger partial charge in [0.25, 0.3) is 0 Å². The molecule has 0 fully saturated rings. The average molecular weight is 500 g/mol. The maximum atomic E-state index is 12.2. The van der Waals surface area contributed by atoms with Gasteiger partial charge in [-0.2, -0.15) is 0 Å². The van der Waals surface area contributed by atoms with E-state index >= 15 is 0 Å². The largest absolute Gasteiger partial charge is 0.481 e. The number of carbonyl (C=O) groups is 2. The standard InChI is InChI=1S/C29H57NO5/c1-3-5-6-7-10-15-20-27(4-2)35-29(34)22-17-12-9-14-19-24-30(25-26-31)23-18-13-8-11-16-21-28(32)33/h27,31H,3-26H2,1-2H3,(H,32,33). The Bertz CT molecular complexity index is 486. The van der Waals surface area contributed by atoms with E-state index in [0.29, 0.717) is 6.42 Å². The van der Waals surface area contributed by atoms with Crippen LogP contribution in [0.1, 0.15) is 142 Å². The first-order valence-corrected chi connectivity index (χ1v) is 14.8. The summed E-state index contributed by atoms with van der Waals surface area (Å²) in [6, 6.07) is 0. The first-order valence-electron chi connectivity index (χ1n) is 14.8. The highest BCUT2D eigenvalue weighted by molar-refractivity contribution is 5.69. The maximum Gasteiger partial charge on any atom is 0.306 e. The molecule has 6 nitrogen and oxygen atoms in total. The summed E-state index contributed by atoms with van der Waals surface area (Å²) >= 11 is 0. The molecule has 1 unspecified atom stereocenters. The average Bonchev–Trinajstić information content (AvgIpc) is 2.83. The fourth-order valence-electron chi connectivity index (χ4n) is 4.50. The quantitative estimate of drug-likeness (QED) is 0.0924. The molecule has 0 saturated carbocycles. The molecule has 35 heavy (non-hydrogen) atoms. The molecule has 0 aliphatic rings. The van der Waals surface area contributed by atoms with E-state index in [1.807, 2.05) is 0 Å². The molecule has 0 aromatic rings. The highest BCUT2D eigenvalue weighted by Crippen LogP contribution is 2.15. The predicted molar refractivity (Wildman–Crippen MR) is 145 cm³/mol. The fraction of sp³-hybridized carbons (Fsp3) is 0.931. The van der Waals surface area contributed by atoms with E-state index < -0.39 is 5.97 Å². The Morgan fingerprint density at radius 1 is 0.686 bits per heavy atom. The third kappa shape index (κ3) is 24.3. The number of unbranched alkanes of at least 4 members (excludes halogenated alkanes) is 13. The topological polar surface area (TPSA) is 87.1 Å². The number of hydrogen-bond donors (Lipinski definition) is 2. The zero-order chi connectivity index (χ0) is 26.0. The van der Waals surface area contributed by atoms with Crippen LogP contribution in [-0.4, -0.2) is 59.4 Å². The number of carbonyl (C=O) groups excluding carboxylic acids is 1. The van der Waals surface area contributed by atoms with Crippen LogP contribution in [-0.2, 0) is 14.3 Å². The number of ether oxygens (including phenoxy) is 1. The Morgan fingerprint density at radius 3 is 1.74 bits per heavy atom. The molecular weight excluding hydrogens is 442 g/mol. The van der Waals surface area contributed by atoms with Gasteiger partial charge in [-0.25, -0.2) is 0 Å². The van der Waals surface area contributed by atoms with Crippen molar-refractivity contribution in [3.8, 4) is 0 Å². The van der Waals surface area contributed by atoms with Crippen LogP contribution in [0.4, 0.5) is 0 Å². The van der Waals surface area contributed by atoms with Crippen LogP contribution >= 0.6 is 0 Å². The number of nitrogens with zero attached hydrogens (tertiary/aromatic N) is 1. The summed E-state index contributed by atoms with van der Waals surface area (Å²) in [5.41, 5.74) is 0. The third-order valence-electron chi connectivity index (χ3n) is 6.77. The van der Waals surface area contributed by atoms with E-state index in [1.165, 1.54) is 32.1 Å². The van der Waals surface area contributed by atoms with Crippen molar-refractivity contribution in [2.75, 3.05) is 26.2 Å². The molecule has 208 valence electrons. The van der Waals surface area contributed by atoms with Crippen molar-refractivity contribution in [3.63, 3.8) is 0 Å². The Hall–Kier alpha value is -1.14. The second kappa shape index (κ2) is 25.9. The number of aliphatic hydroxyl groups is 1. The van der Waals surface area contributed by atoms with Gasteiger partial charge in [0.15, 0.2) is 0 Å². The van der Waals surface area contributed by atoms with Gasteiger partial charge >= 0.3 is 11.9 Å². The first-order chi connectivity index (χ1) is 17.0. The Morgan fingerprint density at radius 2 is 1.20 bits per heavy atom. The minimum atomic E-state index is -0.706. The molecule has 0 bridgehead atoms. The molecule has 0 spiro atoms. The number of aliphatic carboxylic acids is 1. The summed E-state index contributed by atoms with van der Waals surface area (Å²) in [6.45, 7) is 7.28. The van der Waals surface area contributed by atoms with Crippen molar-refractivity contribution >= 4 is 11.9 Å². The number of carboxylic acid groups (broad SMARTS) is 1. The fourth-order valence-corrected chi connectivity index (χ4v) is 4.50. The lowest BCUT2D eigenvalue weighted by molar-refractivity contribution is -0.149. The van der Waals surface area contributed by atoms with Crippen molar-refractivity contribution in [3.05, 3.63) is 0 Å². The molecule has 0 amide bonds. The van der Waals surface area contributed by atoms with Crippen molar-refractivity contribution < 1.29 is 24.5 Å². The molecule has 0 saturated heterocycles. The minimum absolute atomic E-state index is 0.0279. The van der Waals surface area contributed by atoms with E-state index in [0.717, 1.165) is 103 Å². The minimum Gasteiger partial charge on any atom is -0.481 e. The number of carboxylic acids is 1. The van der Waals surface area contributed by atoms with E-state index in [9.17, 15) is 14.7 Å². The van der Waals surface area contributed by atoms with Gasteiger partial charge in [-0.05, 0) is 58.0 Å². The summed E-state index contributed by atoms with van der Waals surface area (Å²) in [7, 11) is 0. The van der Waals surface area contributed by atoms with Gasteiger partial charge in [-0.15, -0.1) is 0 Å². The normalized spacial score (nSPS) is 12.2. The SMILES string of the molecule is CCCCCCCCC(CC)OC(=O)CCCCCCCN(CCO)CCCCCCCC(=O)O. The van der Waals surface area contributed by atoms with E-state index in [2.05, 4.69) is 18.7 Å². The van der Waals surface area contributed by atoms with Gasteiger partial charge in [0, 0.05) is 19.4 Å². The molecule has 0 heterocycles. The van der Waals surface area contributed by atoms with Gasteiger partial charge in [0.05, 0.1) is 6.61 Å². The van der Waals surface area contributed by atoms with E-state index in [1.54, 1.807) is 0 Å². The number of rotatable bonds is 27. The van der Waals surface area contributed by atoms with Crippen LogP contribution in [0.15, 0.2) is 0 Å². The van der Waals surface area contributed by atoms with Crippen molar-refractivity contribution in [1.29, 1.82) is 0 Å². The summed E-state index contributed by atoms with van der Waals surface area (Å²) in [5, 5.41) is 18.0. The van der Waals surface area contributed by atoms with Crippen LogP contribution in [0.2, 0.25) is 0 Å². The molecule has 0 aliphatic carbocycles. The number of esters is 1. The summed E-state index contributed by atoms with van der Waals surface area (Å²) in [5.74, 6) is -0.733. The van der Waals surface area contributed by atoms with Gasteiger partial charge in [-0.1, -0.05) is 84.5 Å². The molecular formula is C29H57NO5. The second-order valence-corrected chi connectivity index (χ2v) is 10.1. The maximum absolute atomic E-state index is 12.2. The lowest BCUT2D eigenvalue weighted by atomic mass is 10.1. The summed E-state index contributed by atoms with van der Waals surface area (Å²) < 4.78 is 5.70. The smallest absolute Gasteiger partial charge is 0.306 e. The van der Waals surface area contributed by atoms with Gasteiger partial charge in [0.1, 0.15) is 6.10 Å². The van der Waals surface area contributed by atoms with E-state index in [-0.39, 0.29) is 25.1 Å². The van der Waals surface area contributed by atoms with Crippen LogP contribution in [0.3, 0.4) is 0 Å². The molecule has 6 heteroatoms. The highest BCUT2D eigenvalue weighted by atomic mass is 16.5. The monoisotopic (exact) mass is 499 g/mol. The van der Waals surface area contributed by atoms with Gasteiger partial charge in [-0.3, -0.25) is 9.59 Å². The molecule has 0 rings (SSSR count). The summed E-state index contributed by atoms with van der Waals surface area (Å²) in [4.78, 5) is 25.0. The zero-order valence-corrected chi connectivity index (χ0v) is 23.1. The molecule has 2 N–H and O–H groups in total. The summed E-state index contributed by atoms with van der Waals surface area (Å²) in [6.07, 6.45) is 20.9. The molecule has 0 radical (unpaired) electrons. The molecule has 0 aromatic heterocycles. The van der Waals surface area contributed by atoms with Crippen molar-refractivity contribution in [1.82, 2.24) is 4.90 Å². The van der Waals surface area contributed by atoms with Gasteiger partial charge in [0.2, 0.25) is 0 Å². The third-order valence-corrected chi connectivity index (χ3v) is 6.77. The number of hydrogen-bond acceptors (Lipinski definition) is 5. The molecule has 1 atom stereocenters. The van der Waals surface area contributed by atoms with Crippen LogP contribution in [0.25, 0.3) is 0 Å². The van der Waals surface area contributed by atoms with Crippen LogP contribution < -0.4 is 0 Å². The molecule has 0 aliphatic heterocycles. The Labute approximate surface area is 216 Å². The van der Waals surface area contributed by atoms with Crippen molar-refractivity contribution in [2.45, 2.75) is 148 Å². The van der Waals surface area contributed by atoms with Gasteiger partial charge < -0.3 is 19.8 Å². The van der Waals surface area contributed by atoms with Crippen LogP contribution in [0, 0.1) is 0 Å². The zero-order valence-electron chi connectivity index (χ0n) is 23.1.